The van der Waals surface area contributed by atoms with Crippen LogP contribution in [0.25, 0.3) is 0 Å². The first-order valence-corrected chi connectivity index (χ1v) is 5.33. The summed E-state index contributed by atoms with van der Waals surface area (Å²) in [7, 11) is 0. The van der Waals surface area contributed by atoms with Crippen LogP contribution in [-0.2, 0) is 0 Å². The van der Waals surface area contributed by atoms with Gasteiger partial charge in [0.2, 0.25) is 0 Å². The molecule has 0 atom stereocenters. The predicted octanol–water partition coefficient (Wildman–Crippen LogP) is 2.59. The maximum absolute atomic E-state index is 5.54. The van der Waals surface area contributed by atoms with E-state index in [2.05, 4.69) is 26.1 Å². The number of fused-ring (bicyclic) bond motifs is 1. The van der Waals surface area contributed by atoms with E-state index in [9.17, 15) is 0 Å². The number of hydrogen-bond acceptors (Lipinski definition) is 3. The molecule has 0 saturated heterocycles. The van der Waals surface area contributed by atoms with E-state index in [1.165, 1.54) is 5.56 Å². The van der Waals surface area contributed by atoms with E-state index in [0.29, 0.717) is 19.3 Å². The highest BCUT2D eigenvalue weighted by atomic mass is 16.6. The standard InChI is InChI=1S/C12H17NO2/c1-8(2)13-10-7-12-11(6-9(10)3)14-4-5-15-12/h6-8,13H,4-5H2,1-3H3. The Kier molecular flexibility index (Phi) is 2.71. The molecule has 1 aromatic carbocycles. The third-order valence-electron chi connectivity index (χ3n) is 2.33. The van der Waals surface area contributed by atoms with Crippen molar-refractivity contribution in [1.82, 2.24) is 0 Å². The van der Waals surface area contributed by atoms with Gasteiger partial charge in [0.25, 0.3) is 0 Å². The highest BCUT2D eigenvalue weighted by molar-refractivity contribution is 5.60. The molecule has 3 heteroatoms. The van der Waals surface area contributed by atoms with Gasteiger partial charge in [0.15, 0.2) is 11.5 Å². The molecule has 1 aliphatic rings. The Bertz CT molecular complexity index is 361. The van der Waals surface area contributed by atoms with Gasteiger partial charge in [-0.05, 0) is 32.4 Å². The molecular formula is C12H17NO2. The molecule has 82 valence electrons. The van der Waals surface area contributed by atoms with Crippen molar-refractivity contribution in [2.45, 2.75) is 26.8 Å². The molecule has 3 nitrogen and oxygen atoms in total. The molecule has 1 N–H and O–H groups in total. The first-order chi connectivity index (χ1) is 7.16. The number of hydrogen-bond donors (Lipinski definition) is 1. The summed E-state index contributed by atoms with van der Waals surface area (Å²) in [6.45, 7) is 7.59. The Balaban J connectivity index is 2.32. The second-order valence-corrected chi connectivity index (χ2v) is 4.11. The maximum Gasteiger partial charge on any atom is 0.163 e. The fourth-order valence-corrected chi connectivity index (χ4v) is 1.66. The zero-order chi connectivity index (χ0) is 10.8. The molecule has 0 fully saturated rings. The van der Waals surface area contributed by atoms with Gasteiger partial charge in [-0.25, -0.2) is 0 Å². The normalized spacial score (nSPS) is 14.1. The lowest BCUT2D eigenvalue weighted by Crippen LogP contribution is -2.17. The summed E-state index contributed by atoms with van der Waals surface area (Å²) < 4.78 is 11.0. The van der Waals surface area contributed by atoms with E-state index in [1.807, 2.05) is 12.1 Å². The van der Waals surface area contributed by atoms with Crippen LogP contribution in [0, 0.1) is 6.92 Å². The highest BCUT2D eigenvalue weighted by Crippen LogP contribution is 2.35. The molecule has 0 bridgehead atoms. The third-order valence-corrected chi connectivity index (χ3v) is 2.33. The number of nitrogens with one attached hydrogen (secondary N) is 1. The van der Waals surface area contributed by atoms with Gasteiger partial charge >= 0.3 is 0 Å². The Morgan fingerprint density at radius 3 is 2.33 bits per heavy atom. The molecule has 15 heavy (non-hydrogen) atoms. The quantitative estimate of drug-likeness (QED) is 0.808. The molecule has 2 rings (SSSR count). The first kappa shape index (κ1) is 10.1. The Morgan fingerprint density at radius 2 is 1.73 bits per heavy atom. The van der Waals surface area contributed by atoms with Crippen LogP contribution in [0.1, 0.15) is 19.4 Å². The van der Waals surface area contributed by atoms with Crippen molar-refractivity contribution in [2.24, 2.45) is 0 Å². The minimum Gasteiger partial charge on any atom is -0.486 e. The van der Waals surface area contributed by atoms with Gasteiger partial charge in [-0.1, -0.05) is 0 Å². The van der Waals surface area contributed by atoms with E-state index in [4.69, 9.17) is 9.47 Å². The van der Waals surface area contributed by atoms with Crippen LogP contribution >= 0.6 is 0 Å². The molecule has 0 radical (unpaired) electrons. The summed E-state index contributed by atoms with van der Waals surface area (Å²) in [4.78, 5) is 0. The highest BCUT2D eigenvalue weighted by Gasteiger charge is 2.14. The van der Waals surface area contributed by atoms with Crippen LogP contribution in [-0.4, -0.2) is 19.3 Å². The summed E-state index contributed by atoms with van der Waals surface area (Å²) in [5.74, 6) is 1.70. The van der Waals surface area contributed by atoms with E-state index < -0.39 is 0 Å². The molecule has 0 amide bonds. The van der Waals surface area contributed by atoms with Crippen LogP contribution in [0.4, 0.5) is 5.69 Å². The third kappa shape index (κ3) is 2.17. The number of ether oxygens (including phenoxy) is 2. The van der Waals surface area contributed by atoms with Crippen LogP contribution in [0.15, 0.2) is 12.1 Å². The van der Waals surface area contributed by atoms with Crippen molar-refractivity contribution in [1.29, 1.82) is 0 Å². The molecule has 0 aliphatic carbocycles. The number of rotatable bonds is 2. The zero-order valence-corrected chi connectivity index (χ0v) is 9.46. The Labute approximate surface area is 90.4 Å². The van der Waals surface area contributed by atoms with Crippen molar-refractivity contribution in [3.8, 4) is 11.5 Å². The SMILES string of the molecule is Cc1cc2c(cc1NC(C)C)OCCO2. The minimum atomic E-state index is 0.422. The fourth-order valence-electron chi connectivity index (χ4n) is 1.66. The summed E-state index contributed by atoms with van der Waals surface area (Å²) >= 11 is 0. The second kappa shape index (κ2) is 4.01. The van der Waals surface area contributed by atoms with E-state index in [1.54, 1.807) is 0 Å². The predicted molar refractivity (Wildman–Crippen MR) is 60.9 cm³/mol. The number of benzene rings is 1. The first-order valence-electron chi connectivity index (χ1n) is 5.33. The van der Waals surface area contributed by atoms with Gasteiger partial charge in [-0.15, -0.1) is 0 Å². The van der Waals surface area contributed by atoms with Gasteiger partial charge in [-0.3, -0.25) is 0 Å². The molecule has 1 aromatic rings. The van der Waals surface area contributed by atoms with Crippen LogP contribution in [0.3, 0.4) is 0 Å². The van der Waals surface area contributed by atoms with Gasteiger partial charge in [0, 0.05) is 17.8 Å². The van der Waals surface area contributed by atoms with Gasteiger partial charge in [-0.2, -0.15) is 0 Å². The topological polar surface area (TPSA) is 30.5 Å². The average Bonchev–Trinajstić information content (AvgIpc) is 2.18. The molecule has 0 saturated carbocycles. The fraction of sp³-hybridized carbons (Fsp3) is 0.500. The van der Waals surface area contributed by atoms with Crippen LogP contribution < -0.4 is 14.8 Å². The molecule has 1 heterocycles. The molecule has 0 spiro atoms. The van der Waals surface area contributed by atoms with Gasteiger partial charge < -0.3 is 14.8 Å². The molecule has 0 aromatic heterocycles. The summed E-state index contributed by atoms with van der Waals surface area (Å²) in [5.41, 5.74) is 2.31. The zero-order valence-electron chi connectivity index (χ0n) is 9.46. The van der Waals surface area contributed by atoms with Crippen molar-refractivity contribution in [3.05, 3.63) is 17.7 Å². The van der Waals surface area contributed by atoms with Gasteiger partial charge in [0.1, 0.15) is 13.2 Å². The lowest BCUT2D eigenvalue weighted by Gasteiger charge is -2.21. The molecule has 0 unspecified atom stereocenters. The maximum atomic E-state index is 5.54. The smallest absolute Gasteiger partial charge is 0.163 e. The van der Waals surface area contributed by atoms with Crippen molar-refractivity contribution in [3.63, 3.8) is 0 Å². The van der Waals surface area contributed by atoms with E-state index in [-0.39, 0.29) is 0 Å². The van der Waals surface area contributed by atoms with Crippen LogP contribution in [0.5, 0.6) is 11.5 Å². The van der Waals surface area contributed by atoms with Gasteiger partial charge in [0.05, 0.1) is 0 Å². The number of aryl methyl sites for hydroxylation is 1. The molecule has 1 aliphatic heterocycles. The minimum absolute atomic E-state index is 0.422. The largest absolute Gasteiger partial charge is 0.486 e. The second-order valence-electron chi connectivity index (χ2n) is 4.11. The average molecular weight is 207 g/mol. The molecular weight excluding hydrogens is 190 g/mol. The lowest BCUT2D eigenvalue weighted by molar-refractivity contribution is 0.171. The Hall–Kier alpha value is -1.38. The van der Waals surface area contributed by atoms with E-state index in [0.717, 1.165) is 17.2 Å². The van der Waals surface area contributed by atoms with Crippen molar-refractivity contribution < 1.29 is 9.47 Å². The van der Waals surface area contributed by atoms with E-state index >= 15 is 0 Å². The summed E-state index contributed by atoms with van der Waals surface area (Å²) in [6.07, 6.45) is 0. The number of anilines is 1. The van der Waals surface area contributed by atoms with Crippen molar-refractivity contribution in [2.75, 3.05) is 18.5 Å². The van der Waals surface area contributed by atoms with Crippen molar-refractivity contribution >= 4 is 5.69 Å². The summed E-state index contributed by atoms with van der Waals surface area (Å²) in [5, 5.41) is 3.39. The Morgan fingerprint density at radius 1 is 1.13 bits per heavy atom. The van der Waals surface area contributed by atoms with Crippen LogP contribution in [0.2, 0.25) is 0 Å². The monoisotopic (exact) mass is 207 g/mol. The summed E-state index contributed by atoms with van der Waals surface area (Å²) in [6, 6.07) is 4.47. The lowest BCUT2D eigenvalue weighted by atomic mass is 10.1.